The van der Waals surface area contributed by atoms with E-state index < -0.39 is 49.1 Å². The summed E-state index contributed by atoms with van der Waals surface area (Å²) in [6, 6.07) is 0. The van der Waals surface area contributed by atoms with E-state index in [2.05, 4.69) is 4.18 Å². The van der Waals surface area contributed by atoms with Gasteiger partial charge in [-0.25, -0.2) is 10.4 Å². The van der Waals surface area contributed by atoms with Crippen LogP contribution in [0.5, 0.6) is 0 Å². The molecule has 0 aliphatic carbocycles. The number of hydrogen-bond acceptors (Lipinski definition) is 7. The molecule has 0 bridgehead atoms. The summed E-state index contributed by atoms with van der Waals surface area (Å²) in [4.78, 5) is 0. The van der Waals surface area contributed by atoms with Crippen molar-refractivity contribution in [3.8, 4) is 0 Å². The Bertz CT molecular complexity index is 452. The SMILES string of the molecule is CC(C)(COS(=O)(=O)CCCS(=O)(=O)O)[NH+]([O-])O. The molecule has 0 spiro atoms. The van der Waals surface area contributed by atoms with Crippen molar-refractivity contribution in [1.82, 2.24) is 0 Å². The second kappa shape index (κ2) is 6.23. The first-order valence-electron chi connectivity index (χ1n) is 4.91. The number of rotatable bonds is 8. The summed E-state index contributed by atoms with van der Waals surface area (Å²) in [5, 5.41) is 18.2. The molecule has 0 rings (SSSR count). The summed E-state index contributed by atoms with van der Waals surface area (Å²) in [6.45, 7) is 2.04. The van der Waals surface area contributed by atoms with E-state index in [0.717, 1.165) is 0 Å². The van der Waals surface area contributed by atoms with Gasteiger partial charge in [0.2, 0.25) is 0 Å². The van der Waals surface area contributed by atoms with Crippen molar-refractivity contribution in [2.45, 2.75) is 25.8 Å². The van der Waals surface area contributed by atoms with Crippen molar-refractivity contribution in [2.24, 2.45) is 0 Å². The number of hydrogen-bond donors (Lipinski definition) is 3. The third-order valence-corrected chi connectivity index (χ3v) is 4.05. The lowest BCUT2D eigenvalue weighted by Crippen LogP contribution is -3.13. The number of quaternary nitrogens is 1. The van der Waals surface area contributed by atoms with E-state index in [9.17, 15) is 22.0 Å². The second-order valence-electron chi connectivity index (χ2n) is 4.35. The van der Waals surface area contributed by atoms with Gasteiger partial charge in [0.25, 0.3) is 20.2 Å². The van der Waals surface area contributed by atoms with E-state index in [1.807, 2.05) is 0 Å². The molecule has 0 fully saturated rings. The zero-order valence-corrected chi connectivity index (χ0v) is 11.6. The van der Waals surface area contributed by atoms with E-state index in [1.54, 1.807) is 0 Å². The van der Waals surface area contributed by atoms with Crippen LogP contribution in [-0.4, -0.2) is 50.2 Å². The topological polar surface area (TPSA) is 145 Å². The molecule has 110 valence electrons. The van der Waals surface area contributed by atoms with Crippen LogP contribution in [0, 0.1) is 5.21 Å². The zero-order chi connectivity index (χ0) is 14.6. The highest BCUT2D eigenvalue weighted by molar-refractivity contribution is 7.87. The van der Waals surface area contributed by atoms with E-state index >= 15 is 0 Å². The molecule has 18 heavy (non-hydrogen) atoms. The van der Waals surface area contributed by atoms with Crippen LogP contribution in [0.4, 0.5) is 0 Å². The lowest BCUT2D eigenvalue weighted by molar-refractivity contribution is -1.09. The minimum atomic E-state index is -4.22. The van der Waals surface area contributed by atoms with Crippen LogP contribution in [-0.2, 0) is 24.4 Å². The fourth-order valence-corrected chi connectivity index (χ4v) is 2.56. The average molecular weight is 307 g/mol. The molecule has 0 aliphatic rings. The molecule has 0 aromatic carbocycles. The van der Waals surface area contributed by atoms with Gasteiger partial charge in [-0.15, -0.1) is 0 Å². The van der Waals surface area contributed by atoms with Gasteiger partial charge in [0, 0.05) is 0 Å². The van der Waals surface area contributed by atoms with Gasteiger partial charge in [-0.3, -0.25) is 8.74 Å². The minimum Gasteiger partial charge on any atom is -0.600 e. The number of hydroxylamine groups is 2. The Morgan fingerprint density at radius 1 is 1.22 bits per heavy atom. The molecule has 1 unspecified atom stereocenters. The van der Waals surface area contributed by atoms with Crippen LogP contribution in [0.3, 0.4) is 0 Å². The van der Waals surface area contributed by atoms with Crippen molar-refractivity contribution in [3.63, 3.8) is 0 Å². The highest BCUT2D eigenvalue weighted by atomic mass is 32.2. The monoisotopic (exact) mass is 307 g/mol. The molecular weight excluding hydrogens is 290 g/mol. The summed E-state index contributed by atoms with van der Waals surface area (Å²) in [5.41, 5.74) is -1.36. The van der Waals surface area contributed by atoms with Gasteiger partial charge >= 0.3 is 0 Å². The Balaban J connectivity index is 4.26. The lowest BCUT2D eigenvalue weighted by Gasteiger charge is -2.30. The van der Waals surface area contributed by atoms with Crippen molar-refractivity contribution in [1.29, 1.82) is 0 Å². The van der Waals surface area contributed by atoms with Gasteiger partial charge in [-0.2, -0.15) is 16.8 Å². The largest absolute Gasteiger partial charge is 0.600 e. The molecule has 1 atom stereocenters. The Morgan fingerprint density at radius 2 is 1.72 bits per heavy atom. The molecule has 0 heterocycles. The smallest absolute Gasteiger partial charge is 0.267 e. The van der Waals surface area contributed by atoms with Gasteiger partial charge in [0.05, 0.1) is 11.5 Å². The Labute approximate surface area is 106 Å². The summed E-state index contributed by atoms with van der Waals surface area (Å²) in [7, 11) is -8.23. The summed E-state index contributed by atoms with van der Waals surface area (Å²) in [6.07, 6.45) is -0.325. The molecule has 3 N–H and O–H groups in total. The van der Waals surface area contributed by atoms with Crippen LogP contribution >= 0.6 is 0 Å². The van der Waals surface area contributed by atoms with Crippen molar-refractivity contribution >= 4 is 20.2 Å². The first-order chi connectivity index (χ1) is 7.86. The zero-order valence-electron chi connectivity index (χ0n) is 9.99. The minimum absolute atomic E-state index is 0.325. The van der Waals surface area contributed by atoms with Crippen LogP contribution < -0.4 is 5.23 Å². The molecule has 9 nitrogen and oxygen atoms in total. The second-order valence-corrected chi connectivity index (χ2v) is 7.68. The molecule has 0 saturated heterocycles. The molecule has 11 heteroatoms. The van der Waals surface area contributed by atoms with Crippen LogP contribution in [0.2, 0.25) is 0 Å². The summed E-state index contributed by atoms with van der Waals surface area (Å²) < 4.78 is 56.2. The lowest BCUT2D eigenvalue weighted by atomic mass is 10.1. The van der Waals surface area contributed by atoms with E-state index in [0.29, 0.717) is 0 Å². The maximum Gasteiger partial charge on any atom is 0.267 e. The fourth-order valence-electron chi connectivity index (χ4n) is 0.776. The van der Waals surface area contributed by atoms with Crippen molar-refractivity contribution in [2.75, 3.05) is 18.1 Å². The van der Waals surface area contributed by atoms with E-state index in [1.165, 1.54) is 13.8 Å². The van der Waals surface area contributed by atoms with Gasteiger partial charge < -0.3 is 5.21 Å². The van der Waals surface area contributed by atoms with E-state index in [-0.39, 0.29) is 6.42 Å². The summed E-state index contributed by atoms with van der Waals surface area (Å²) in [5.74, 6) is -1.31. The predicted octanol–water partition coefficient (Wildman–Crippen LogP) is -1.84. The third kappa shape index (κ3) is 7.92. The van der Waals surface area contributed by atoms with Gasteiger partial charge in [0.1, 0.15) is 12.1 Å². The van der Waals surface area contributed by atoms with Gasteiger partial charge in [0.15, 0.2) is 0 Å². The first-order valence-corrected chi connectivity index (χ1v) is 8.10. The molecule has 0 aromatic heterocycles. The van der Waals surface area contributed by atoms with Crippen LogP contribution in [0.1, 0.15) is 20.3 Å². The average Bonchev–Trinajstić information content (AvgIpc) is 2.12. The molecule has 0 amide bonds. The standard InChI is InChI=1S/C7H17NO8S2/c1-7(2,8(9)10)6-16-18(14,15)5-3-4-17(11,12)13/h8-9H,3-6H2,1-2H3,(H,11,12,13). The van der Waals surface area contributed by atoms with E-state index in [4.69, 9.17) is 9.76 Å². The highest BCUT2D eigenvalue weighted by Crippen LogP contribution is 2.04. The fraction of sp³-hybridized carbons (Fsp3) is 1.00. The van der Waals surface area contributed by atoms with Gasteiger partial charge in [-0.1, -0.05) is 0 Å². The quantitative estimate of drug-likeness (QED) is 0.269. The predicted molar refractivity (Wildman–Crippen MR) is 61.0 cm³/mol. The normalized spacial score (nSPS) is 15.6. The number of nitrogens with one attached hydrogen (secondary N) is 1. The van der Waals surface area contributed by atoms with Crippen LogP contribution in [0.25, 0.3) is 0 Å². The highest BCUT2D eigenvalue weighted by Gasteiger charge is 2.28. The van der Waals surface area contributed by atoms with Crippen molar-refractivity contribution < 1.29 is 36.0 Å². The van der Waals surface area contributed by atoms with Gasteiger partial charge in [-0.05, 0) is 20.3 Å². The molecule has 0 radical (unpaired) electrons. The van der Waals surface area contributed by atoms with Crippen LogP contribution in [0.15, 0.2) is 0 Å². The molecule has 0 saturated carbocycles. The summed E-state index contributed by atoms with van der Waals surface area (Å²) >= 11 is 0. The first kappa shape index (κ1) is 17.7. The Hall–Kier alpha value is -0.300. The molecule has 0 aromatic rings. The molecule has 0 aliphatic heterocycles. The maximum atomic E-state index is 11.3. The third-order valence-electron chi connectivity index (χ3n) is 1.97. The maximum absolute atomic E-state index is 11.3. The molecular formula is C7H17NO8S2. The Morgan fingerprint density at radius 3 is 2.11 bits per heavy atom. The van der Waals surface area contributed by atoms with Crippen molar-refractivity contribution in [3.05, 3.63) is 5.21 Å². The Kier molecular flexibility index (Phi) is 6.13.